The first kappa shape index (κ1) is 15.2. The molecule has 0 spiro atoms. The minimum Gasteiger partial charge on any atom is -0.329 e. The van der Waals surface area contributed by atoms with E-state index in [1.165, 1.54) is 0 Å². The van der Waals surface area contributed by atoms with Gasteiger partial charge in [0, 0.05) is 51.4 Å². The second kappa shape index (κ2) is 6.38. The van der Waals surface area contributed by atoms with Gasteiger partial charge in [-0.15, -0.1) is 0 Å². The Balaban J connectivity index is 2.51. The maximum absolute atomic E-state index is 12.2. The Hall–Kier alpha value is -0.810. The molecule has 1 heterocycles. The number of urea groups is 1. The van der Waals surface area contributed by atoms with Crippen molar-refractivity contribution in [3.05, 3.63) is 0 Å². The van der Waals surface area contributed by atoms with Crippen LogP contribution < -0.4 is 5.73 Å². The van der Waals surface area contributed by atoms with Gasteiger partial charge < -0.3 is 15.5 Å². The van der Waals surface area contributed by atoms with Crippen LogP contribution in [0.1, 0.15) is 27.7 Å². The van der Waals surface area contributed by atoms with Gasteiger partial charge in [0.1, 0.15) is 0 Å². The Kier molecular flexibility index (Phi) is 5.41. The molecular formula is C13H28N4O. The van der Waals surface area contributed by atoms with E-state index in [4.69, 9.17) is 5.73 Å². The molecule has 0 aromatic rings. The van der Waals surface area contributed by atoms with E-state index in [1.54, 1.807) is 0 Å². The Morgan fingerprint density at radius 3 is 2.06 bits per heavy atom. The van der Waals surface area contributed by atoms with E-state index in [2.05, 4.69) is 18.7 Å². The summed E-state index contributed by atoms with van der Waals surface area (Å²) in [5.74, 6) is 0. The molecule has 0 unspecified atom stereocenters. The summed E-state index contributed by atoms with van der Waals surface area (Å²) < 4.78 is 0. The minimum atomic E-state index is 0.0321. The normalized spacial score (nSPS) is 17.9. The molecule has 1 rings (SSSR count). The Morgan fingerprint density at radius 1 is 1.17 bits per heavy atom. The van der Waals surface area contributed by atoms with E-state index in [9.17, 15) is 4.79 Å². The molecule has 2 amide bonds. The summed E-state index contributed by atoms with van der Waals surface area (Å²) in [4.78, 5) is 18.4. The first-order chi connectivity index (χ1) is 8.46. The summed E-state index contributed by atoms with van der Waals surface area (Å²) in [7, 11) is 0. The van der Waals surface area contributed by atoms with E-state index in [1.807, 2.05) is 23.6 Å². The fraction of sp³-hybridized carbons (Fsp3) is 0.923. The average molecular weight is 256 g/mol. The molecule has 1 fully saturated rings. The smallest absolute Gasteiger partial charge is 0.320 e. The van der Waals surface area contributed by atoms with Gasteiger partial charge in [0.05, 0.1) is 0 Å². The predicted octanol–water partition coefficient (Wildman–Crippen LogP) is 0.803. The number of nitrogens with two attached hydrogens (primary N) is 1. The van der Waals surface area contributed by atoms with Crippen LogP contribution in [0.25, 0.3) is 0 Å². The summed E-state index contributed by atoms with van der Waals surface area (Å²) in [6.07, 6.45) is 0. The highest BCUT2D eigenvalue weighted by atomic mass is 16.2. The number of piperazine rings is 1. The third-order valence-corrected chi connectivity index (χ3v) is 3.94. The number of hydrogen-bond acceptors (Lipinski definition) is 3. The van der Waals surface area contributed by atoms with Gasteiger partial charge >= 0.3 is 6.03 Å². The van der Waals surface area contributed by atoms with Crippen molar-refractivity contribution < 1.29 is 4.79 Å². The van der Waals surface area contributed by atoms with Crippen molar-refractivity contribution in [2.45, 2.75) is 33.2 Å². The molecule has 0 bridgehead atoms. The molecule has 18 heavy (non-hydrogen) atoms. The fourth-order valence-corrected chi connectivity index (χ4v) is 2.33. The van der Waals surface area contributed by atoms with Gasteiger partial charge in [0.2, 0.25) is 0 Å². The highest BCUT2D eigenvalue weighted by Gasteiger charge is 2.30. The number of carbonyl (C=O) groups excluding carboxylic acids is 1. The van der Waals surface area contributed by atoms with Crippen molar-refractivity contribution in [1.82, 2.24) is 14.7 Å². The minimum absolute atomic E-state index is 0.0321. The molecule has 2 N–H and O–H groups in total. The molecule has 1 aliphatic rings. The summed E-state index contributed by atoms with van der Waals surface area (Å²) in [5, 5.41) is 0. The SMILES string of the molecule is CCN(CC)C(=O)N1CCN(C(C)(C)CN)CC1. The highest BCUT2D eigenvalue weighted by molar-refractivity contribution is 5.74. The van der Waals surface area contributed by atoms with Gasteiger partial charge in [-0.05, 0) is 27.7 Å². The summed E-state index contributed by atoms with van der Waals surface area (Å²) in [5.41, 5.74) is 5.82. The molecule has 0 aliphatic carbocycles. The first-order valence-corrected chi connectivity index (χ1v) is 6.95. The standard InChI is InChI=1S/C13H28N4O/c1-5-15(6-2)12(18)16-7-9-17(10-8-16)13(3,4)11-14/h5-11,14H2,1-4H3. The lowest BCUT2D eigenvalue weighted by Gasteiger charge is -2.44. The van der Waals surface area contributed by atoms with Crippen LogP contribution in [0, 0.1) is 0 Å². The van der Waals surface area contributed by atoms with E-state index >= 15 is 0 Å². The quantitative estimate of drug-likeness (QED) is 0.809. The molecule has 1 aliphatic heterocycles. The Labute approximate surface area is 111 Å². The molecule has 0 aromatic carbocycles. The van der Waals surface area contributed by atoms with E-state index in [0.717, 1.165) is 39.3 Å². The highest BCUT2D eigenvalue weighted by Crippen LogP contribution is 2.16. The molecule has 106 valence electrons. The van der Waals surface area contributed by atoms with Crippen LogP contribution in [0.4, 0.5) is 4.79 Å². The number of rotatable bonds is 4. The lowest BCUT2D eigenvalue weighted by atomic mass is 10.0. The molecule has 0 atom stereocenters. The number of amides is 2. The van der Waals surface area contributed by atoms with Gasteiger partial charge in [0.25, 0.3) is 0 Å². The zero-order chi connectivity index (χ0) is 13.8. The molecular weight excluding hydrogens is 228 g/mol. The second-order valence-corrected chi connectivity index (χ2v) is 5.45. The van der Waals surface area contributed by atoms with Crippen molar-refractivity contribution >= 4 is 6.03 Å². The van der Waals surface area contributed by atoms with Crippen molar-refractivity contribution in [3.8, 4) is 0 Å². The van der Waals surface area contributed by atoms with Crippen molar-refractivity contribution in [2.75, 3.05) is 45.8 Å². The van der Waals surface area contributed by atoms with Gasteiger partial charge in [0.15, 0.2) is 0 Å². The largest absolute Gasteiger partial charge is 0.329 e. The van der Waals surface area contributed by atoms with Gasteiger partial charge in [-0.3, -0.25) is 4.90 Å². The third kappa shape index (κ3) is 3.36. The van der Waals surface area contributed by atoms with E-state index < -0.39 is 0 Å². The van der Waals surface area contributed by atoms with Gasteiger partial charge in [-0.2, -0.15) is 0 Å². The van der Waals surface area contributed by atoms with E-state index in [0.29, 0.717) is 6.54 Å². The average Bonchev–Trinajstić information content (AvgIpc) is 2.40. The first-order valence-electron chi connectivity index (χ1n) is 6.95. The summed E-state index contributed by atoms with van der Waals surface area (Å²) in [6, 6.07) is 0.171. The number of carbonyl (C=O) groups is 1. The van der Waals surface area contributed by atoms with Crippen molar-refractivity contribution in [1.29, 1.82) is 0 Å². The monoisotopic (exact) mass is 256 g/mol. The van der Waals surface area contributed by atoms with Crippen LogP contribution in [0.15, 0.2) is 0 Å². The predicted molar refractivity (Wildman–Crippen MR) is 74.6 cm³/mol. The summed E-state index contributed by atoms with van der Waals surface area (Å²) in [6.45, 7) is 14.0. The van der Waals surface area contributed by atoms with Crippen LogP contribution in [0.2, 0.25) is 0 Å². The second-order valence-electron chi connectivity index (χ2n) is 5.45. The van der Waals surface area contributed by atoms with Crippen LogP contribution in [-0.2, 0) is 0 Å². The zero-order valence-corrected chi connectivity index (χ0v) is 12.3. The van der Waals surface area contributed by atoms with Crippen LogP contribution in [-0.4, -0.2) is 72.1 Å². The fourth-order valence-electron chi connectivity index (χ4n) is 2.33. The molecule has 1 saturated heterocycles. The maximum atomic E-state index is 12.2. The maximum Gasteiger partial charge on any atom is 0.320 e. The number of hydrogen-bond donors (Lipinski definition) is 1. The molecule has 5 heteroatoms. The molecule has 5 nitrogen and oxygen atoms in total. The molecule has 0 saturated carbocycles. The topological polar surface area (TPSA) is 52.8 Å². The van der Waals surface area contributed by atoms with Gasteiger partial charge in [-0.1, -0.05) is 0 Å². The van der Waals surface area contributed by atoms with Crippen LogP contribution >= 0.6 is 0 Å². The van der Waals surface area contributed by atoms with Crippen molar-refractivity contribution in [3.63, 3.8) is 0 Å². The lowest BCUT2D eigenvalue weighted by molar-refractivity contribution is 0.0601. The number of nitrogens with zero attached hydrogens (tertiary/aromatic N) is 3. The van der Waals surface area contributed by atoms with Gasteiger partial charge in [-0.25, -0.2) is 4.79 Å². The Morgan fingerprint density at radius 2 is 1.67 bits per heavy atom. The Bertz CT molecular complexity index is 268. The molecule has 0 aromatic heterocycles. The third-order valence-electron chi connectivity index (χ3n) is 3.94. The van der Waals surface area contributed by atoms with E-state index in [-0.39, 0.29) is 11.6 Å². The molecule has 0 radical (unpaired) electrons. The lowest BCUT2D eigenvalue weighted by Crippen LogP contribution is -2.59. The van der Waals surface area contributed by atoms with Crippen LogP contribution in [0.5, 0.6) is 0 Å². The zero-order valence-electron chi connectivity index (χ0n) is 12.3. The summed E-state index contributed by atoms with van der Waals surface area (Å²) >= 11 is 0. The van der Waals surface area contributed by atoms with Crippen LogP contribution in [0.3, 0.4) is 0 Å². The van der Waals surface area contributed by atoms with Crippen molar-refractivity contribution in [2.24, 2.45) is 5.73 Å².